The van der Waals surface area contributed by atoms with Gasteiger partial charge in [-0.2, -0.15) is 0 Å². The molecule has 4 heteroatoms. The minimum atomic E-state index is 0.594. The summed E-state index contributed by atoms with van der Waals surface area (Å²) in [6, 6.07) is 0. The fourth-order valence-corrected chi connectivity index (χ4v) is 3.22. The van der Waals surface area contributed by atoms with E-state index in [9.17, 15) is 0 Å². The van der Waals surface area contributed by atoms with Crippen molar-refractivity contribution in [3.63, 3.8) is 0 Å². The summed E-state index contributed by atoms with van der Waals surface area (Å²) in [5, 5.41) is 0. The lowest BCUT2D eigenvalue weighted by atomic mass is 10.3. The number of hydrogen-bond acceptors (Lipinski definition) is 3. The third kappa shape index (κ3) is 4.08. The molecule has 0 unspecified atom stereocenters. The van der Waals surface area contributed by atoms with Crippen LogP contribution in [0.2, 0.25) is 0 Å². The van der Waals surface area contributed by atoms with Gasteiger partial charge in [-0.05, 0) is 5.57 Å². The van der Waals surface area contributed by atoms with E-state index in [1.54, 1.807) is 0 Å². The first-order valence-electron chi connectivity index (χ1n) is 4.02. The van der Waals surface area contributed by atoms with Gasteiger partial charge in [-0.3, -0.25) is 4.90 Å². The molecule has 1 nitrogen and oxygen atoms in total. The summed E-state index contributed by atoms with van der Waals surface area (Å²) in [6.45, 7) is 7.24. The average molecular weight is 224 g/mol. The average Bonchev–Trinajstić information content (AvgIpc) is 2.33. The minimum absolute atomic E-state index is 0.594. The largest absolute Gasteiger partial charge is 0.298 e. The smallest absolute Gasteiger partial charge is 0.0443 e. The van der Waals surface area contributed by atoms with Crippen LogP contribution in [0.1, 0.15) is 0 Å². The van der Waals surface area contributed by atoms with Gasteiger partial charge in [-0.15, -0.1) is 11.6 Å². The zero-order chi connectivity index (χ0) is 8.81. The maximum Gasteiger partial charge on any atom is 0.0443 e. The Morgan fingerprint density at radius 1 is 1.33 bits per heavy atom. The second kappa shape index (κ2) is 6.19. The molecule has 1 saturated heterocycles. The summed E-state index contributed by atoms with van der Waals surface area (Å²) in [5.74, 6) is 3.04. The Bertz CT molecular complexity index is 144. The van der Waals surface area contributed by atoms with Crippen LogP contribution in [0.4, 0.5) is 0 Å². The fourth-order valence-electron chi connectivity index (χ4n) is 1.08. The van der Waals surface area contributed by atoms with E-state index in [1.807, 2.05) is 21.6 Å². The van der Waals surface area contributed by atoms with Crippen LogP contribution in [0.25, 0.3) is 0 Å². The lowest BCUT2D eigenvalue weighted by Gasteiger charge is -2.19. The summed E-state index contributed by atoms with van der Waals surface area (Å²) in [6.07, 6.45) is 0. The third-order valence-electron chi connectivity index (χ3n) is 1.70. The van der Waals surface area contributed by atoms with E-state index >= 15 is 0 Å². The van der Waals surface area contributed by atoms with Crippen molar-refractivity contribution in [2.75, 3.05) is 37.0 Å². The maximum absolute atomic E-state index is 5.68. The predicted molar refractivity (Wildman–Crippen MR) is 61.2 cm³/mol. The van der Waals surface area contributed by atoms with E-state index in [4.69, 9.17) is 11.6 Å². The number of halogens is 1. The van der Waals surface area contributed by atoms with Crippen molar-refractivity contribution in [3.05, 3.63) is 12.2 Å². The Labute approximate surface area is 87.3 Å². The van der Waals surface area contributed by atoms with Crippen molar-refractivity contribution in [1.29, 1.82) is 0 Å². The van der Waals surface area contributed by atoms with Crippen molar-refractivity contribution < 1.29 is 0 Å². The quantitative estimate of drug-likeness (QED) is 0.411. The molecule has 0 aliphatic carbocycles. The van der Waals surface area contributed by atoms with Gasteiger partial charge in [0.1, 0.15) is 0 Å². The Balaban J connectivity index is 2.24. The van der Waals surface area contributed by atoms with Crippen LogP contribution in [-0.2, 0) is 0 Å². The van der Waals surface area contributed by atoms with Gasteiger partial charge in [0, 0.05) is 37.0 Å². The summed E-state index contributed by atoms with van der Waals surface area (Å²) >= 11 is 5.68. The molecule has 1 heterocycles. The van der Waals surface area contributed by atoms with Gasteiger partial charge < -0.3 is 0 Å². The molecule has 1 aliphatic heterocycles. The molecule has 0 N–H and O–H groups in total. The van der Waals surface area contributed by atoms with Crippen molar-refractivity contribution in [1.82, 2.24) is 4.90 Å². The van der Waals surface area contributed by atoms with Crippen LogP contribution in [0.5, 0.6) is 0 Å². The molecule has 1 rings (SSSR count). The molecule has 0 atom stereocenters. The van der Waals surface area contributed by atoms with E-state index in [0.717, 1.165) is 12.1 Å². The number of rotatable bonds is 3. The van der Waals surface area contributed by atoms with Crippen LogP contribution in [0, 0.1) is 0 Å². The molecule has 0 saturated carbocycles. The molecule has 0 radical (unpaired) electrons. The van der Waals surface area contributed by atoms with Gasteiger partial charge >= 0.3 is 0 Å². The van der Waals surface area contributed by atoms with Crippen LogP contribution in [0.15, 0.2) is 12.2 Å². The number of nitrogens with zero attached hydrogens (tertiary/aromatic N) is 1. The SMILES string of the molecule is C=C(CCl)CN1CCSSCC1. The van der Waals surface area contributed by atoms with Gasteiger partial charge in [0.05, 0.1) is 0 Å². The molecule has 1 aliphatic rings. The molecule has 0 aromatic heterocycles. The summed E-state index contributed by atoms with van der Waals surface area (Å²) in [4.78, 5) is 2.43. The van der Waals surface area contributed by atoms with Crippen molar-refractivity contribution in [2.45, 2.75) is 0 Å². The molecule has 70 valence electrons. The second-order valence-corrected chi connectivity index (χ2v) is 5.77. The highest BCUT2D eigenvalue weighted by molar-refractivity contribution is 8.76. The van der Waals surface area contributed by atoms with Crippen LogP contribution in [0.3, 0.4) is 0 Å². The van der Waals surface area contributed by atoms with Gasteiger partial charge in [0.25, 0.3) is 0 Å². The fraction of sp³-hybridized carbons (Fsp3) is 0.750. The third-order valence-corrected chi connectivity index (χ3v) is 4.44. The van der Waals surface area contributed by atoms with Gasteiger partial charge in [-0.1, -0.05) is 28.2 Å². The first-order chi connectivity index (χ1) is 5.83. The highest BCUT2D eigenvalue weighted by atomic mass is 35.5. The standard InChI is InChI=1S/C8H14ClNS2/c1-8(6-9)7-10-2-4-11-12-5-3-10/h1-7H2. The Hall–Kier alpha value is 0.690. The Morgan fingerprint density at radius 3 is 2.42 bits per heavy atom. The molecular weight excluding hydrogens is 210 g/mol. The van der Waals surface area contributed by atoms with Crippen LogP contribution >= 0.6 is 33.2 Å². The molecular formula is C8H14ClNS2. The lowest BCUT2D eigenvalue weighted by molar-refractivity contribution is 0.337. The molecule has 0 bridgehead atoms. The van der Waals surface area contributed by atoms with Crippen molar-refractivity contribution in [3.8, 4) is 0 Å². The van der Waals surface area contributed by atoms with Crippen LogP contribution < -0.4 is 0 Å². The highest BCUT2D eigenvalue weighted by Gasteiger charge is 2.09. The molecule has 0 amide bonds. The lowest BCUT2D eigenvalue weighted by Crippen LogP contribution is -2.29. The molecule has 0 spiro atoms. The molecule has 12 heavy (non-hydrogen) atoms. The van der Waals surface area contributed by atoms with Crippen LogP contribution in [-0.4, -0.2) is 41.9 Å². The van der Waals surface area contributed by atoms with Gasteiger partial charge in [-0.25, -0.2) is 0 Å². The molecule has 0 aromatic carbocycles. The predicted octanol–water partition coefficient (Wildman–Crippen LogP) is 2.48. The normalized spacial score (nSPS) is 20.4. The summed E-state index contributed by atoms with van der Waals surface area (Å²) in [7, 11) is 3.93. The van der Waals surface area contributed by atoms with Crippen molar-refractivity contribution >= 4 is 33.2 Å². The molecule has 0 aromatic rings. The summed E-state index contributed by atoms with van der Waals surface area (Å²) < 4.78 is 0. The first-order valence-corrected chi connectivity index (χ1v) is 7.04. The number of alkyl halides is 1. The topological polar surface area (TPSA) is 3.24 Å². The van der Waals surface area contributed by atoms with E-state index in [0.29, 0.717) is 5.88 Å². The number of hydrogen-bond donors (Lipinski definition) is 0. The van der Waals surface area contributed by atoms with Crippen molar-refractivity contribution in [2.24, 2.45) is 0 Å². The van der Waals surface area contributed by atoms with E-state index in [1.165, 1.54) is 24.6 Å². The minimum Gasteiger partial charge on any atom is -0.298 e. The van der Waals surface area contributed by atoms with Gasteiger partial charge in [0.2, 0.25) is 0 Å². The van der Waals surface area contributed by atoms with Gasteiger partial charge in [0.15, 0.2) is 0 Å². The Morgan fingerprint density at radius 2 is 1.92 bits per heavy atom. The second-order valence-electron chi connectivity index (χ2n) is 2.80. The monoisotopic (exact) mass is 223 g/mol. The first kappa shape index (κ1) is 10.8. The Kier molecular flexibility index (Phi) is 5.56. The van der Waals surface area contributed by atoms with E-state index < -0.39 is 0 Å². The zero-order valence-electron chi connectivity index (χ0n) is 7.09. The van der Waals surface area contributed by atoms with E-state index in [2.05, 4.69) is 11.5 Å². The highest BCUT2D eigenvalue weighted by Crippen LogP contribution is 2.23. The zero-order valence-corrected chi connectivity index (χ0v) is 9.48. The summed E-state index contributed by atoms with van der Waals surface area (Å²) in [5.41, 5.74) is 1.13. The van der Waals surface area contributed by atoms with E-state index in [-0.39, 0.29) is 0 Å². The molecule has 1 fully saturated rings. The maximum atomic E-state index is 5.68.